The van der Waals surface area contributed by atoms with E-state index >= 15 is 0 Å². The second-order valence-electron chi connectivity index (χ2n) is 3.75. The van der Waals surface area contributed by atoms with Crippen molar-refractivity contribution in [1.29, 1.82) is 5.26 Å². The Labute approximate surface area is 94.6 Å². The van der Waals surface area contributed by atoms with Gasteiger partial charge in [0.05, 0.1) is 24.8 Å². The standard InChI is InChI=1S/C11H15N3O2/c1-7(6-12)5-9(15)10-8(2)13-14(3)11(10)16-4/h7H,5H2,1-4H3. The van der Waals surface area contributed by atoms with Gasteiger partial charge in [0.1, 0.15) is 5.56 Å². The quantitative estimate of drug-likeness (QED) is 0.722. The monoisotopic (exact) mass is 221 g/mol. The second kappa shape index (κ2) is 4.79. The van der Waals surface area contributed by atoms with Crippen LogP contribution in [-0.4, -0.2) is 22.7 Å². The third-order valence-corrected chi connectivity index (χ3v) is 2.35. The van der Waals surface area contributed by atoms with Gasteiger partial charge in [0.25, 0.3) is 0 Å². The molecule has 0 radical (unpaired) electrons. The normalized spacial score (nSPS) is 11.9. The summed E-state index contributed by atoms with van der Waals surface area (Å²) in [5.41, 5.74) is 1.11. The molecular weight excluding hydrogens is 206 g/mol. The fourth-order valence-electron chi connectivity index (χ4n) is 1.62. The van der Waals surface area contributed by atoms with E-state index in [1.165, 1.54) is 11.8 Å². The molecule has 0 N–H and O–H groups in total. The Balaban J connectivity index is 3.04. The van der Waals surface area contributed by atoms with Crippen molar-refractivity contribution in [3.63, 3.8) is 0 Å². The first kappa shape index (κ1) is 12.2. The lowest BCUT2D eigenvalue weighted by Crippen LogP contribution is -2.07. The van der Waals surface area contributed by atoms with Gasteiger partial charge in [-0.2, -0.15) is 10.4 Å². The highest BCUT2D eigenvalue weighted by Crippen LogP contribution is 2.23. The number of methoxy groups -OCH3 is 1. The molecule has 0 fully saturated rings. The van der Waals surface area contributed by atoms with Gasteiger partial charge in [-0.1, -0.05) is 0 Å². The number of Topliss-reactive ketones (excluding diaryl/α,β-unsaturated/α-hetero) is 1. The minimum absolute atomic E-state index is 0.100. The SMILES string of the molecule is COc1c(C(=O)CC(C)C#N)c(C)nn1C. The molecule has 1 rings (SSSR count). The number of hydrogen-bond acceptors (Lipinski definition) is 4. The number of ether oxygens (including phenoxy) is 1. The fraction of sp³-hybridized carbons (Fsp3) is 0.545. The molecular formula is C11H15N3O2. The Morgan fingerprint density at radius 1 is 1.69 bits per heavy atom. The van der Waals surface area contributed by atoms with E-state index in [1.807, 2.05) is 6.07 Å². The molecule has 1 aromatic rings. The van der Waals surface area contributed by atoms with E-state index in [0.717, 1.165) is 0 Å². The fourth-order valence-corrected chi connectivity index (χ4v) is 1.62. The van der Waals surface area contributed by atoms with Crippen LogP contribution in [0.5, 0.6) is 5.88 Å². The number of nitriles is 1. The van der Waals surface area contributed by atoms with Gasteiger partial charge in [0.2, 0.25) is 5.88 Å². The highest BCUT2D eigenvalue weighted by atomic mass is 16.5. The molecule has 16 heavy (non-hydrogen) atoms. The van der Waals surface area contributed by atoms with Crippen molar-refractivity contribution in [2.45, 2.75) is 20.3 Å². The van der Waals surface area contributed by atoms with Crippen molar-refractivity contribution < 1.29 is 9.53 Å². The number of carbonyl (C=O) groups is 1. The van der Waals surface area contributed by atoms with Gasteiger partial charge in [-0.3, -0.25) is 4.79 Å². The summed E-state index contributed by atoms with van der Waals surface area (Å²) in [7, 11) is 3.22. The highest BCUT2D eigenvalue weighted by Gasteiger charge is 2.22. The van der Waals surface area contributed by atoms with Crippen LogP contribution in [0, 0.1) is 24.2 Å². The van der Waals surface area contributed by atoms with Crippen LogP contribution in [-0.2, 0) is 7.05 Å². The Morgan fingerprint density at radius 3 is 2.81 bits per heavy atom. The molecule has 1 heterocycles. The van der Waals surface area contributed by atoms with Crippen LogP contribution in [0.3, 0.4) is 0 Å². The van der Waals surface area contributed by atoms with E-state index in [4.69, 9.17) is 10.00 Å². The first-order valence-electron chi connectivity index (χ1n) is 5.01. The maximum Gasteiger partial charge on any atom is 0.222 e. The minimum atomic E-state index is -0.295. The van der Waals surface area contributed by atoms with Gasteiger partial charge < -0.3 is 4.74 Å². The maximum atomic E-state index is 11.9. The summed E-state index contributed by atoms with van der Waals surface area (Å²) in [6.07, 6.45) is 0.194. The Bertz CT molecular complexity index is 443. The first-order chi connectivity index (χ1) is 7.51. The molecule has 0 spiro atoms. The van der Waals surface area contributed by atoms with Gasteiger partial charge in [0.15, 0.2) is 5.78 Å². The van der Waals surface area contributed by atoms with Crippen molar-refractivity contribution >= 4 is 5.78 Å². The molecule has 0 amide bonds. The Hall–Kier alpha value is -1.83. The molecule has 0 aliphatic heterocycles. The zero-order valence-electron chi connectivity index (χ0n) is 9.94. The number of nitrogens with zero attached hydrogens (tertiary/aromatic N) is 3. The molecule has 0 bridgehead atoms. The summed E-state index contributed by atoms with van der Waals surface area (Å²) in [4.78, 5) is 11.9. The van der Waals surface area contributed by atoms with Crippen LogP contribution in [0.25, 0.3) is 0 Å². The summed E-state index contributed by atoms with van der Waals surface area (Å²) in [5, 5.41) is 12.8. The number of aryl methyl sites for hydroxylation is 2. The van der Waals surface area contributed by atoms with Gasteiger partial charge in [-0.25, -0.2) is 4.68 Å². The summed E-state index contributed by atoms with van der Waals surface area (Å²) in [5.74, 6) is 0.0564. The van der Waals surface area contributed by atoms with Crippen molar-refractivity contribution in [3.8, 4) is 11.9 Å². The summed E-state index contributed by atoms with van der Waals surface area (Å²) in [6, 6.07) is 2.04. The smallest absolute Gasteiger partial charge is 0.222 e. The molecule has 0 saturated heterocycles. The second-order valence-corrected chi connectivity index (χ2v) is 3.75. The number of hydrogen-bond donors (Lipinski definition) is 0. The summed E-state index contributed by atoms with van der Waals surface area (Å²) >= 11 is 0. The Morgan fingerprint density at radius 2 is 2.31 bits per heavy atom. The van der Waals surface area contributed by atoms with E-state index in [0.29, 0.717) is 17.1 Å². The molecule has 0 aromatic carbocycles. The lowest BCUT2D eigenvalue weighted by molar-refractivity contribution is 0.0969. The lowest BCUT2D eigenvalue weighted by atomic mass is 10.0. The van der Waals surface area contributed by atoms with Crippen molar-refractivity contribution in [3.05, 3.63) is 11.3 Å². The van der Waals surface area contributed by atoms with Crippen molar-refractivity contribution in [2.75, 3.05) is 7.11 Å². The van der Waals surface area contributed by atoms with Crippen LogP contribution >= 0.6 is 0 Å². The Kier molecular flexibility index (Phi) is 3.67. The first-order valence-corrected chi connectivity index (χ1v) is 5.01. The van der Waals surface area contributed by atoms with Gasteiger partial charge in [0, 0.05) is 13.5 Å². The molecule has 0 aliphatic carbocycles. The van der Waals surface area contributed by atoms with Gasteiger partial charge >= 0.3 is 0 Å². The molecule has 0 aliphatic rings. The summed E-state index contributed by atoms with van der Waals surface area (Å²) in [6.45, 7) is 3.48. The average Bonchev–Trinajstić information content (AvgIpc) is 2.52. The molecule has 1 unspecified atom stereocenters. The number of ketones is 1. The van der Waals surface area contributed by atoms with Crippen LogP contribution in [0.1, 0.15) is 29.4 Å². The number of rotatable bonds is 4. The molecule has 86 valence electrons. The minimum Gasteiger partial charge on any atom is -0.481 e. The van der Waals surface area contributed by atoms with Crippen LogP contribution < -0.4 is 4.74 Å². The van der Waals surface area contributed by atoms with E-state index in [1.54, 1.807) is 20.9 Å². The van der Waals surface area contributed by atoms with E-state index in [9.17, 15) is 4.79 Å². The van der Waals surface area contributed by atoms with E-state index < -0.39 is 0 Å². The number of carbonyl (C=O) groups excluding carboxylic acids is 1. The van der Waals surface area contributed by atoms with Gasteiger partial charge in [-0.15, -0.1) is 0 Å². The molecule has 5 nitrogen and oxygen atoms in total. The zero-order valence-corrected chi connectivity index (χ0v) is 9.94. The molecule has 5 heteroatoms. The third-order valence-electron chi connectivity index (χ3n) is 2.35. The third kappa shape index (κ3) is 2.22. The van der Waals surface area contributed by atoms with Crippen LogP contribution in [0.15, 0.2) is 0 Å². The topological polar surface area (TPSA) is 67.9 Å². The highest BCUT2D eigenvalue weighted by molar-refractivity contribution is 5.99. The van der Waals surface area contributed by atoms with Crippen LogP contribution in [0.4, 0.5) is 0 Å². The number of aromatic nitrogens is 2. The van der Waals surface area contributed by atoms with Crippen molar-refractivity contribution in [1.82, 2.24) is 9.78 Å². The summed E-state index contributed by atoms with van der Waals surface area (Å²) < 4.78 is 6.66. The van der Waals surface area contributed by atoms with E-state index in [2.05, 4.69) is 5.10 Å². The average molecular weight is 221 g/mol. The maximum absolute atomic E-state index is 11.9. The molecule has 1 atom stereocenters. The van der Waals surface area contributed by atoms with Crippen molar-refractivity contribution in [2.24, 2.45) is 13.0 Å². The zero-order chi connectivity index (χ0) is 12.3. The van der Waals surface area contributed by atoms with Gasteiger partial charge in [-0.05, 0) is 13.8 Å². The predicted molar refractivity (Wildman–Crippen MR) is 58.2 cm³/mol. The van der Waals surface area contributed by atoms with E-state index in [-0.39, 0.29) is 18.1 Å². The molecule has 0 saturated carbocycles. The largest absolute Gasteiger partial charge is 0.481 e. The molecule has 1 aromatic heterocycles. The van der Waals surface area contributed by atoms with Crippen LogP contribution in [0.2, 0.25) is 0 Å². The predicted octanol–water partition coefficient (Wildman–Crippen LogP) is 1.47. The lowest BCUT2D eigenvalue weighted by Gasteiger charge is -2.04.